The Kier molecular flexibility index (Phi) is 7.18. The van der Waals surface area contributed by atoms with Crippen molar-refractivity contribution in [2.75, 3.05) is 18.9 Å². The number of nitrogens with zero attached hydrogens (tertiary/aromatic N) is 1. The number of aromatic nitrogens is 1. The van der Waals surface area contributed by atoms with Crippen molar-refractivity contribution in [1.82, 2.24) is 15.0 Å². The summed E-state index contributed by atoms with van der Waals surface area (Å²) in [7, 11) is -3.77. The molecule has 2 aliphatic rings. The summed E-state index contributed by atoms with van der Waals surface area (Å²) in [4.78, 5) is 17.6. The van der Waals surface area contributed by atoms with Gasteiger partial charge in [-0.15, -0.1) is 11.3 Å². The molecule has 2 heterocycles. The number of sulfonamides is 1. The quantitative estimate of drug-likeness (QED) is 0.508. The fourth-order valence-corrected chi connectivity index (χ4v) is 7.01. The lowest BCUT2D eigenvalue weighted by molar-refractivity contribution is -0.0985. The highest BCUT2D eigenvalue weighted by atomic mass is 32.2. The molecule has 11 heteroatoms. The molecule has 0 unspecified atom stereocenters. The third-order valence-electron chi connectivity index (χ3n) is 5.80. The van der Waals surface area contributed by atoms with Gasteiger partial charge in [0.15, 0.2) is 6.10 Å². The Bertz CT molecular complexity index is 1130. The number of amides is 1. The van der Waals surface area contributed by atoms with Crippen molar-refractivity contribution in [1.29, 1.82) is 0 Å². The Labute approximate surface area is 204 Å². The van der Waals surface area contributed by atoms with Gasteiger partial charge >= 0.3 is 6.09 Å². The average molecular weight is 509 g/mol. The minimum absolute atomic E-state index is 0.0847. The number of carbonyl (C=O) groups excluding carboxylic acids is 1. The zero-order valence-corrected chi connectivity index (χ0v) is 21.3. The molecule has 9 nitrogen and oxygen atoms in total. The maximum Gasteiger partial charge on any atom is 0.407 e. The molecule has 1 saturated carbocycles. The highest BCUT2D eigenvalue weighted by Crippen LogP contribution is 2.39. The topological polar surface area (TPSA) is 133 Å². The molecule has 1 saturated heterocycles. The first-order chi connectivity index (χ1) is 16.0. The van der Waals surface area contributed by atoms with Gasteiger partial charge in [0.25, 0.3) is 0 Å². The molecular formula is C23H32N4O5S2. The van der Waals surface area contributed by atoms with Gasteiger partial charge in [-0.1, -0.05) is 6.07 Å². The molecule has 0 bridgehead atoms. The molecule has 1 aliphatic heterocycles. The first kappa shape index (κ1) is 24.9. The summed E-state index contributed by atoms with van der Waals surface area (Å²) >= 11 is 1.51. The molecule has 2 aromatic rings. The van der Waals surface area contributed by atoms with Crippen molar-refractivity contribution >= 4 is 33.1 Å². The molecule has 1 aliphatic carbocycles. The second kappa shape index (κ2) is 9.80. The second-order valence-corrected chi connectivity index (χ2v) is 12.6. The van der Waals surface area contributed by atoms with Gasteiger partial charge in [-0.2, -0.15) is 0 Å². The van der Waals surface area contributed by atoms with Crippen molar-refractivity contribution in [2.24, 2.45) is 0 Å². The van der Waals surface area contributed by atoms with Crippen molar-refractivity contribution in [3.8, 4) is 10.4 Å². The maximum atomic E-state index is 13.1. The van der Waals surface area contributed by atoms with Crippen molar-refractivity contribution < 1.29 is 22.7 Å². The summed E-state index contributed by atoms with van der Waals surface area (Å²) in [6.45, 7) is 6.33. The van der Waals surface area contributed by atoms with E-state index in [4.69, 9.17) is 15.2 Å². The van der Waals surface area contributed by atoms with Gasteiger partial charge in [0, 0.05) is 34.9 Å². The summed E-state index contributed by atoms with van der Waals surface area (Å²) in [5.74, 6) is 0.273. The average Bonchev–Trinajstić information content (AvgIpc) is 3.19. The predicted molar refractivity (Wildman–Crippen MR) is 131 cm³/mol. The lowest BCUT2D eigenvalue weighted by Crippen LogP contribution is -2.44. The van der Waals surface area contributed by atoms with Crippen LogP contribution in [0.1, 0.15) is 57.4 Å². The van der Waals surface area contributed by atoms with Crippen LogP contribution in [0.2, 0.25) is 0 Å². The van der Waals surface area contributed by atoms with Gasteiger partial charge in [0.05, 0.1) is 28.0 Å². The van der Waals surface area contributed by atoms with Gasteiger partial charge in [-0.25, -0.2) is 22.9 Å². The molecule has 34 heavy (non-hydrogen) atoms. The first-order valence-electron chi connectivity index (χ1n) is 11.4. The number of nitrogens with two attached hydrogens (primary N) is 1. The molecule has 0 spiro atoms. The Hall–Kier alpha value is -2.21. The number of benzene rings is 1. The van der Waals surface area contributed by atoms with E-state index in [9.17, 15) is 13.2 Å². The SMILES string of the molecule is CC(C)(C)NS(=O)(=O)c1cc(N)ccc1-c1cnc([C@H]2CC[C@H](NC(=O)OC3COC3)CC2)s1. The molecule has 0 atom stereocenters. The molecule has 2 fully saturated rings. The largest absolute Gasteiger partial charge is 0.441 e. The Balaban J connectivity index is 1.43. The van der Waals surface area contributed by atoms with Gasteiger partial charge in [-0.3, -0.25) is 0 Å². The monoisotopic (exact) mass is 508 g/mol. The Morgan fingerprint density at radius 2 is 1.91 bits per heavy atom. The van der Waals surface area contributed by atoms with E-state index in [1.165, 1.54) is 17.4 Å². The second-order valence-electron chi connectivity index (χ2n) is 9.93. The van der Waals surface area contributed by atoms with Gasteiger partial charge in [-0.05, 0) is 58.6 Å². The minimum Gasteiger partial charge on any atom is -0.441 e. The summed E-state index contributed by atoms with van der Waals surface area (Å²) in [6, 6.07) is 5.02. The molecule has 4 rings (SSSR count). The number of hydrogen-bond acceptors (Lipinski definition) is 8. The zero-order valence-electron chi connectivity index (χ0n) is 19.7. The Morgan fingerprint density at radius 1 is 1.21 bits per heavy atom. The fraction of sp³-hybridized carbons (Fsp3) is 0.565. The van der Waals surface area contributed by atoms with Crippen LogP contribution in [-0.2, 0) is 19.5 Å². The number of rotatable bonds is 6. The summed E-state index contributed by atoms with van der Waals surface area (Å²) < 4.78 is 39.2. The number of nitrogens with one attached hydrogen (secondary N) is 2. The van der Waals surface area contributed by atoms with Crippen LogP contribution in [0, 0.1) is 0 Å². The van der Waals surface area contributed by atoms with Crippen molar-refractivity contribution in [2.45, 2.75) is 75.0 Å². The van der Waals surface area contributed by atoms with E-state index >= 15 is 0 Å². The van der Waals surface area contributed by atoms with Gasteiger partial charge in [0.2, 0.25) is 10.0 Å². The van der Waals surface area contributed by atoms with E-state index in [1.807, 2.05) is 0 Å². The van der Waals surface area contributed by atoms with Crippen LogP contribution in [-0.4, -0.2) is 50.4 Å². The minimum atomic E-state index is -3.77. The molecule has 186 valence electrons. The molecule has 0 radical (unpaired) electrons. The number of thiazole rings is 1. The van der Waals surface area contributed by atoms with E-state index in [-0.39, 0.29) is 29.1 Å². The zero-order chi connectivity index (χ0) is 24.5. The normalized spacial score (nSPS) is 21.6. The van der Waals surface area contributed by atoms with Crippen LogP contribution in [0.4, 0.5) is 10.5 Å². The fourth-order valence-electron chi connectivity index (χ4n) is 4.14. The van der Waals surface area contributed by atoms with Crippen LogP contribution in [0.3, 0.4) is 0 Å². The molecule has 1 amide bonds. The molecule has 1 aromatic carbocycles. The van der Waals surface area contributed by atoms with E-state index < -0.39 is 15.6 Å². The van der Waals surface area contributed by atoms with E-state index in [0.29, 0.717) is 24.5 Å². The van der Waals surface area contributed by atoms with Crippen LogP contribution >= 0.6 is 11.3 Å². The summed E-state index contributed by atoms with van der Waals surface area (Å²) in [5.41, 5.74) is 6.28. The van der Waals surface area contributed by atoms with Gasteiger partial charge in [0.1, 0.15) is 0 Å². The molecule has 1 aromatic heterocycles. The van der Waals surface area contributed by atoms with Crippen molar-refractivity contribution in [3.63, 3.8) is 0 Å². The lowest BCUT2D eigenvalue weighted by atomic mass is 9.86. The van der Waals surface area contributed by atoms with E-state index in [0.717, 1.165) is 35.6 Å². The lowest BCUT2D eigenvalue weighted by Gasteiger charge is -2.30. The highest BCUT2D eigenvalue weighted by Gasteiger charge is 2.29. The predicted octanol–water partition coefficient (Wildman–Crippen LogP) is 3.62. The smallest absolute Gasteiger partial charge is 0.407 e. The molecular weight excluding hydrogens is 476 g/mol. The van der Waals surface area contributed by atoms with Crippen LogP contribution in [0.5, 0.6) is 0 Å². The van der Waals surface area contributed by atoms with Crippen molar-refractivity contribution in [3.05, 3.63) is 29.4 Å². The number of carbonyl (C=O) groups is 1. The van der Waals surface area contributed by atoms with Crippen LogP contribution in [0.25, 0.3) is 10.4 Å². The number of alkyl carbamates (subject to hydrolysis) is 1. The Morgan fingerprint density at radius 3 is 2.53 bits per heavy atom. The maximum absolute atomic E-state index is 13.1. The van der Waals surface area contributed by atoms with Gasteiger partial charge < -0.3 is 20.5 Å². The molecule has 4 N–H and O–H groups in total. The number of anilines is 1. The van der Waals surface area contributed by atoms with E-state index in [2.05, 4.69) is 15.0 Å². The highest BCUT2D eigenvalue weighted by molar-refractivity contribution is 7.89. The number of nitrogen functional groups attached to an aromatic ring is 1. The van der Waals surface area contributed by atoms with E-state index in [1.54, 1.807) is 39.1 Å². The summed E-state index contributed by atoms with van der Waals surface area (Å²) in [6.07, 6.45) is 4.69. The first-order valence-corrected chi connectivity index (χ1v) is 13.7. The third-order valence-corrected chi connectivity index (χ3v) is 8.80. The van der Waals surface area contributed by atoms with Crippen LogP contribution < -0.4 is 15.8 Å². The standard InChI is InChI=1S/C23H32N4O5S2/c1-23(2,3)27-34(29,30)20-10-15(24)6-9-18(20)19-11-25-21(33-19)14-4-7-16(8-5-14)26-22(28)32-17-12-31-13-17/h6,9-11,14,16-17,27H,4-5,7-8,12-13,24H2,1-3H3,(H,26,28)/t14-,16-. The third kappa shape index (κ3) is 6.07. The number of ether oxygens (including phenoxy) is 2. The number of hydrogen-bond donors (Lipinski definition) is 3. The summed E-state index contributed by atoms with van der Waals surface area (Å²) in [5, 5.41) is 3.93. The van der Waals surface area contributed by atoms with Crippen LogP contribution in [0.15, 0.2) is 29.3 Å².